The number of rotatable bonds is 5. The molecule has 1 aliphatic heterocycles. The van der Waals surface area contributed by atoms with Crippen LogP contribution >= 0.6 is 11.6 Å². The van der Waals surface area contributed by atoms with Crippen LogP contribution in [0, 0.1) is 6.92 Å². The Hall–Kier alpha value is -2.94. The van der Waals surface area contributed by atoms with Crippen LogP contribution in [0.1, 0.15) is 59.7 Å². The SMILES string of the molecule is Cc1ccc(CN2C(=O)c3c(NS(=O)(=O)c4ccc(C(C)(C)C)cc4)ccc(Cl)c3C2O)nc1. The lowest BCUT2D eigenvalue weighted by Crippen LogP contribution is -2.28. The van der Waals surface area contributed by atoms with Gasteiger partial charge in [-0.1, -0.05) is 50.6 Å². The zero-order chi connectivity index (χ0) is 24.8. The quantitative estimate of drug-likeness (QED) is 0.525. The van der Waals surface area contributed by atoms with Crippen molar-refractivity contribution in [3.8, 4) is 0 Å². The Balaban J connectivity index is 1.66. The molecule has 4 rings (SSSR count). The Morgan fingerprint density at radius 3 is 2.35 bits per heavy atom. The molecule has 0 radical (unpaired) electrons. The number of aromatic nitrogens is 1. The predicted molar refractivity (Wildman–Crippen MR) is 131 cm³/mol. The number of sulfonamides is 1. The summed E-state index contributed by atoms with van der Waals surface area (Å²) in [5, 5.41) is 11.0. The van der Waals surface area contributed by atoms with E-state index in [1.54, 1.807) is 24.4 Å². The first kappa shape index (κ1) is 24.2. The van der Waals surface area contributed by atoms with Crippen molar-refractivity contribution in [2.24, 2.45) is 0 Å². The van der Waals surface area contributed by atoms with Gasteiger partial charge in [-0.15, -0.1) is 0 Å². The molecule has 1 aliphatic rings. The highest BCUT2D eigenvalue weighted by molar-refractivity contribution is 7.92. The molecule has 2 heterocycles. The molecule has 34 heavy (non-hydrogen) atoms. The second-order valence-electron chi connectivity index (χ2n) is 9.40. The maximum absolute atomic E-state index is 13.3. The second kappa shape index (κ2) is 8.69. The number of aliphatic hydroxyl groups is 1. The van der Waals surface area contributed by atoms with Crippen LogP contribution in [-0.4, -0.2) is 29.3 Å². The topological polar surface area (TPSA) is 99.6 Å². The first-order valence-corrected chi connectivity index (χ1v) is 12.6. The van der Waals surface area contributed by atoms with Crippen LogP contribution in [0.5, 0.6) is 0 Å². The van der Waals surface area contributed by atoms with Gasteiger partial charge in [0.05, 0.1) is 28.4 Å². The summed E-state index contributed by atoms with van der Waals surface area (Å²) in [5.74, 6) is -0.534. The minimum atomic E-state index is -3.99. The van der Waals surface area contributed by atoms with Gasteiger partial charge in [-0.3, -0.25) is 14.5 Å². The number of carbonyl (C=O) groups is 1. The van der Waals surface area contributed by atoms with Gasteiger partial charge in [0, 0.05) is 16.8 Å². The van der Waals surface area contributed by atoms with E-state index in [-0.39, 0.29) is 38.7 Å². The van der Waals surface area contributed by atoms with E-state index in [2.05, 4.69) is 9.71 Å². The molecule has 0 spiro atoms. The largest absolute Gasteiger partial charge is 0.369 e. The maximum atomic E-state index is 13.3. The molecule has 0 aliphatic carbocycles. The molecule has 0 saturated carbocycles. The van der Waals surface area contributed by atoms with E-state index in [4.69, 9.17) is 11.6 Å². The first-order valence-electron chi connectivity index (χ1n) is 10.7. The van der Waals surface area contributed by atoms with E-state index >= 15 is 0 Å². The van der Waals surface area contributed by atoms with E-state index in [1.807, 2.05) is 33.8 Å². The molecule has 1 atom stereocenters. The third kappa shape index (κ3) is 4.53. The number of amides is 1. The summed E-state index contributed by atoms with van der Waals surface area (Å²) in [6.07, 6.45) is 0.348. The van der Waals surface area contributed by atoms with Crippen LogP contribution in [0.25, 0.3) is 0 Å². The highest BCUT2D eigenvalue weighted by atomic mass is 35.5. The molecule has 0 saturated heterocycles. The predicted octanol–water partition coefficient (Wildman–Crippen LogP) is 4.79. The number of aryl methyl sites for hydroxylation is 1. The molecule has 178 valence electrons. The standard InChI is InChI=1S/C25H26ClN3O4S/c1-15-5-8-17(27-13-15)14-29-23(30)21-19(26)11-12-20(22(21)24(29)31)28-34(32,33)18-9-6-16(7-10-18)25(2,3)4/h5-13,23,28,30H,14H2,1-4H3. The highest BCUT2D eigenvalue weighted by Crippen LogP contribution is 2.41. The molecule has 1 aromatic heterocycles. The summed E-state index contributed by atoms with van der Waals surface area (Å²) in [4.78, 5) is 18.8. The number of hydrogen-bond acceptors (Lipinski definition) is 5. The van der Waals surface area contributed by atoms with Gasteiger partial charge in [0.25, 0.3) is 15.9 Å². The summed E-state index contributed by atoms with van der Waals surface area (Å²) >= 11 is 6.31. The Labute approximate surface area is 204 Å². The molecule has 1 unspecified atom stereocenters. The van der Waals surface area contributed by atoms with Crippen molar-refractivity contribution < 1.29 is 18.3 Å². The molecule has 0 bridgehead atoms. The Morgan fingerprint density at radius 1 is 1.09 bits per heavy atom. The summed E-state index contributed by atoms with van der Waals surface area (Å²) in [6.45, 7) is 8.07. The van der Waals surface area contributed by atoms with Gasteiger partial charge in [0.1, 0.15) is 0 Å². The molecular formula is C25H26ClN3O4S. The monoisotopic (exact) mass is 499 g/mol. The van der Waals surface area contributed by atoms with Crippen LogP contribution in [0.2, 0.25) is 5.02 Å². The van der Waals surface area contributed by atoms with Gasteiger partial charge < -0.3 is 10.0 Å². The summed E-state index contributed by atoms with van der Waals surface area (Å²) in [7, 11) is -3.99. The average Bonchev–Trinajstić information content (AvgIpc) is 3.02. The highest BCUT2D eigenvalue weighted by Gasteiger charge is 2.40. The third-order valence-electron chi connectivity index (χ3n) is 5.80. The Kier molecular flexibility index (Phi) is 6.18. The smallest absolute Gasteiger partial charge is 0.261 e. The first-order chi connectivity index (χ1) is 15.9. The molecule has 3 aromatic rings. The fraction of sp³-hybridized carbons (Fsp3) is 0.280. The van der Waals surface area contributed by atoms with Crippen molar-refractivity contribution in [2.75, 3.05) is 4.72 Å². The van der Waals surface area contributed by atoms with Crippen LogP contribution in [0.15, 0.2) is 59.6 Å². The Bertz CT molecular complexity index is 1350. The number of halogens is 1. The van der Waals surface area contributed by atoms with E-state index in [9.17, 15) is 18.3 Å². The van der Waals surface area contributed by atoms with Crippen molar-refractivity contribution in [1.29, 1.82) is 0 Å². The summed E-state index contributed by atoms with van der Waals surface area (Å²) < 4.78 is 28.7. The van der Waals surface area contributed by atoms with Crippen molar-refractivity contribution in [2.45, 2.75) is 50.8 Å². The van der Waals surface area contributed by atoms with Gasteiger partial charge in [-0.2, -0.15) is 0 Å². The van der Waals surface area contributed by atoms with Gasteiger partial charge in [0.15, 0.2) is 6.23 Å². The van der Waals surface area contributed by atoms with E-state index < -0.39 is 22.2 Å². The zero-order valence-corrected chi connectivity index (χ0v) is 20.9. The molecule has 1 amide bonds. The number of hydrogen-bond donors (Lipinski definition) is 2. The minimum Gasteiger partial charge on any atom is -0.369 e. The number of aliphatic hydroxyl groups excluding tert-OH is 1. The zero-order valence-electron chi connectivity index (χ0n) is 19.3. The Morgan fingerprint density at radius 2 is 1.76 bits per heavy atom. The van der Waals surface area contributed by atoms with Crippen molar-refractivity contribution in [3.63, 3.8) is 0 Å². The lowest BCUT2D eigenvalue weighted by Gasteiger charge is -2.20. The fourth-order valence-electron chi connectivity index (χ4n) is 3.84. The molecule has 0 fully saturated rings. The lowest BCUT2D eigenvalue weighted by molar-refractivity contribution is 0.0132. The van der Waals surface area contributed by atoms with E-state index in [0.29, 0.717) is 5.69 Å². The molecule has 2 N–H and O–H groups in total. The van der Waals surface area contributed by atoms with Gasteiger partial charge in [-0.25, -0.2) is 8.42 Å². The summed E-state index contributed by atoms with van der Waals surface area (Å²) in [5.41, 5.74) is 2.69. The summed E-state index contributed by atoms with van der Waals surface area (Å²) in [6, 6.07) is 13.1. The third-order valence-corrected chi connectivity index (χ3v) is 7.51. The lowest BCUT2D eigenvalue weighted by atomic mass is 9.87. The number of benzene rings is 2. The van der Waals surface area contributed by atoms with Gasteiger partial charge >= 0.3 is 0 Å². The van der Waals surface area contributed by atoms with Gasteiger partial charge in [0.2, 0.25) is 0 Å². The number of anilines is 1. The van der Waals surface area contributed by atoms with Crippen molar-refractivity contribution in [1.82, 2.24) is 9.88 Å². The van der Waals surface area contributed by atoms with E-state index in [1.165, 1.54) is 29.2 Å². The number of nitrogens with one attached hydrogen (secondary N) is 1. The minimum absolute atomic E-state index is 0.0296. The van der Waals surface area contributed by atoms with E-state index in [0.717, 1.165) is 11.1 Å². The molecule has 9 heteroatoms. The average molecular weight is 500 g/mol. The molecular weight excluding hydrogens is 474 g/mol. The number of nitrogens with zero attached hydrogens (tertiary/aromatic N) is 2. The van der Waals surface area contributed by atoms with Crippen LogP contribution in [0.3, 0.4) is 0 Å². The molecule has 7 nitrogen and oxygen atoms in total. The number of carbonyl (C=O) groups excluding carboxylic acids is 1. The van der Waals surface area contributed by atoms with Crippen molar-refractivity contribution >= 4 is 33.2 Å². The second-order valence-corrected chi connectivity index (χ2v) is 11.5. The fourth-order valence-corrected chi connectivity index (χ4v) is 5.16. The van der Waals surface area contributed by atoms with Crippen LogP contribution < -0.4 is 4.72 Å². The van der Waals surface area contributed by atoms with Crippen molar-refractivity contribution in [3.05, 3.63) is 87.7 Å². The normalized spacial score (nSPS) is 16.0. The van der Waals surface area contributed by atoms with Crippen LogP contribution in [-0.2, 0) is 22.0 Å². The maximum Gasteiger partial charge on any atom is 0.261 e. The van der Waals surface area contributed by atoms with Crippen LogP contribution in [0.4, 0.5) is 5.69 Å². The number of fused-ring (bicyclic) bond motifs is 1. The van der Waals surface area contributed by atoms with Gasteiger partial charge in [-0.05, 0) is 53.8 Å². The number of pyridine rings is 1. The molecule has 2 aromatic carbocycles.